The van der Waals surface area contributed by atoms with E-state index in [9.17, 15) is 9.59 Å². The summed E-state index contributed by atoms with van der Waals surface area (Å²) in [6.07, 6.45) is 3.44. The van der Waals surface area contributed by atoms with E-state index in [-0.39, 0.29) is 12.1 Å². The molecule has 10 heteroatoms. The average molecular weight is 284 g/mol. The van der Waals surface area contributed by atoms with Crippen LogP contribution in [0.1, 0.15) is 0 Å². The SMILES string of the molecule is CNC(=O)N(C)N=NCC=CCN=NN(C)C(=O)NC. The number of carbonyl (C=O) groups excluding carboxylic acids is 2. The highest BCUT2D eigenvalue weighted by atomic mass is 16.2. The Morgan fingerprint density at radius 3 is 1.55 bits per heavy atom. The number of carbonyl (C=O) groups is 2. The Kier molecular flexibility index (Phi) is 9.10. The van der Waals surface area contributed by atoms with Crippen LogP contribution < -0.4 is 10.6 Å². The number of nitrogens with zero attached hydrogens (tertiary/aromatic N) is 6. The molecule has 0 atom stereocenters. The van der Waals surface area contributed by atoms with Gasteiger partial charge in [-0.1, -0.05) is 22.6 Å². The third-order valence-electron chi connectivity index (χ3n) is 1.95. The Balaban J connectivity index is 3.88. The van der Waals surface area contributed by atoms with Crippen LogP contribution >= 0.6 is 0 Å². The zero-order valence-electron chi connectivity index (χ0n) is 12.1. The van der Waals surface area contributed by atoms with Crippen molar-refractivity contribution in [2.75, 3.05) is 41.3 Å². The zero-order chi connectivity index (χ0) is 15.4. The lowest BCUT2D eigenvalue weighted by Gasteiger charge is -2.06. The van der Waals surface area contributed by atoms with Crippen LogP contribution in [-0.4, -0.2) is 63.4 Å². The second-order valence-electron chi connectivity index (χ2n) is 3.46. The average Bonchev–Trinajstić information content (AvgIpc) is 2.47. The number of hydrogen-bond acceptors (Lipinski definition) is 6. The van der Waals surface area contributed by atoms with E-state index >= 15 is 0 Å². The van der Waals surface area contributed by atoms with Gasteiger partial charge in [-0.05, 0) is 0 Å². The molecule has 0 aromatic carbocycles. The van der Waals surface area contributed by atoms with E-state index in [0.717, 1.165) is 10.0 Å². The van der Waals surface area contributed by atoms with Gasteiger partial charge in [-0.2, -0.15) is 10.2 Å². The van der Waals surface area contributed by atoms with Crippen molar-refractivity contribution < 1.29 is 9.59 Å². The summed E-state index contributed by atoms with van der Waals surface area (Å²) in [5.74, 6) is 0. The minimum atomic E-state index is -0.344. The molecular formula is C10H20N8O2. The lowest BCUT2D eigenvalue weighted by atomic mass is 10.5. The monoisotopic (exact) mass is 284 g/mol. The molecule has 0 spiro atoms. The molecule has 0 aromatic rings. The predicted octanol–water partition coefficient (Wildman–Crippen LogP) is 0.819. The number of amides is 4. The molecule has 0 aromatic heterocycles. The number of rotatable bonds is 6. The Bertz CT molecular complexity index is 357. The van der Waals surface area contributed by atoms with Gasteiger partial charge in [0.2, 0.25) is 0 Å². The molecule has 10 nitrogen and oxygen atoms in total. The Labute approximate surface area is 117 Å². The summed E-state index contributed by atoms with van der Waals surface area (Å²) in [4.78, 5) is 22.1. The van der Waals surface area contributed by atoms with Gasteiger partial charge in [0.25, 0.3) is 0 Å². The molecule has 20 heavy (non-hydrogen) atoms. The molecule has 0 aliphatic heterocycles. The Morgan fingerprint density at radius 1 is 0.900 bits per heavy atom. The van der Waals surface area contributed by atoms with Crippen molar-refractivity contribution in [1.82, 2.24) is 20.7 Å². The number of hydrogen-bond donors (Lipinski definition) is 2. The summed E-state index contributed by atoms with van der Waals surface area (Å²) in [6.45, 7) is 0.643. The molecule has 112 valence electrons. The first-order chi connectivity index (χ1) is 9.52. The molecule has 0 aliphatic carbocycles. The number of nitrogens with one attached hydrogen (secondary N) is 2. The molecule has 0 fully saturated rings. The van der Waals surface area contributed by atoms with Crippen LogP contribution in [0, 0.1) is 0 Å². The van der Waals surface area contributed by atoms with Crippen LogP contribution in [0.2, 0.25) is 0 Å². The maximum atomic E-state index is 11.0. The highest BCUT2D eigenvalue weighted by Gasteiger charge is 2.02. The van der Waals surface area contributed by atoms with E-state index in [1.54, 1.807) is 12.2 Å². The normalized spacial score (nSPS) is 11.2. The van der Waals surface area contributed by atoms with Gasteiger partial charge in [-0.15, -0.1) is 0 Å². The quantitative estimate of drug-likeness (QED) is 0.427. The van der Waals surface area contributed by atoms with Crippen molar-refractivity contribution in [2.45, 2.75) is 0 Å². The summed E-state index contributed by atoms with van der Waals surface area (Å²) in [5.41, 5.74) is 0. The van der Waals surface area contributed by atoms with Crippen LogP contribution in [0.5, 0.6) is 0 Å². The molecule has 0 heterocycles. The van der Waals surface area contributed by atoms with Gasteiger partial charge in [0, 0.05) is 28.2 Å². The van der Waals surface area contributed by atoms with Gasteiger partial charge in [-0.3, -0.25) is 0 Å². The largest absolute Gasteiger partial charge is 0.340 e. The zero-order valence-corrected chi connectivity index (χ0v) is 12.1. The van der Waals surface area contributed by atoms with Gasteiger partial charge < -0.3 is 10.6 Å². The van der Waals surface area contributed by atoms with Gasteiger partial charge in [-0.25, -0.2) is 19.6 Å². The second-order valence-corrected chi connectivity index (χ2v) is 3.46. The molecule has 0 radical (unpaired) electrons. The first-order valence-electron chi connectivity index (χ1n) is 5.83. The van der Waals surface area contributed by atoms with E-state index in [4.69, 9.17) is 0 Å². The third-order valence-corrected chi connectivity index (χ3v) is 1.95. The first kappa shape index (κ1) is 17.5. The highest BCUT2D eigenvalue weighted by Crippen LogP contribution is 1.89. The van der Waals surface area contributed by atoms with Crippen molar-refractivity contribution in [2.24, 2.45) is 20.7 Å². The van der Waals surface area contributed by atoms with Crippen LogP contribution in [0.3, 0.4) is 0 Å². The molecule has 0 saturated heterocycles. The second kappa shape index (κ2) is 10.4. The molecular weight excluding hydrogens is 264 g/mol. The van der Waals surface area contributed by atoms with Crippen LogP contribution in [-0.2, 0) is 0 Å². The predicted molar refractivity (Wildman–Crippen MR) is 73.0 cm³/mol. The standard InChI is InChI=1S/C10H20N8O2/c1-11-9(19)17(3)15-13-7-5-6-8-14-16-18(4)10(20)12-2/h5-6H,7-8H2,1-4H3,(H,11,19)(H,12,20). The van der Waals surface area contributed by atoms with E-state index < -0.39 is 0 Å². The first-order valence-corrected chi connectivity index (χ1v) is 5.83. The van der Waals surface area contributed by atoms with Crippen molar-refractivity contribution in [3.05, 3.63) is 12.2 Å². The summed E-state index contributed by atoms with van der Waals surface area (Å²) < 4.78 is 0. The summed E-state index contributed by atoms with van der Waals surface area (Å²) in [5, 5.41) is 21.8. The molecule has 0 unspecified atom stereocenters. The van der Waals surface area contributed by atoms with E-state index in [2.05, 4.69) is 31.3 Å². The Morgan fingerprint density at radius 2 is 1.25 bits per heavy atom. The van der Waals surface area contributed by atoms with Gasteiger partial charge in [0.15, 0.2) is 0 Å². The Hall–Kier alpha value is -2.52. The molecule has 0 bridgehead atoms. The molecule has 0 rings (SSSR count). The van der Waals surface area contributed by atoms with E-state index in [0.29, 0.717) is 13.1 Å². The van der Waals surface area contributed by atoms with Gasteiger partial charge in [0.1, 0.15) is 0 Å². The summed E-state index contributed by atoms with van der Waals surface area (Å²) in [7, 11) is 6.01. The van der Waals surface area contributed by atoms with Crippen molar-refractivity contribution in [3.63, 3.8) is 0 Å². The van der Waals surface area contributed by atoms with Crippen LogP contribution in [0.15, 0.2) is 32.8 Å². The summed E-state index contributed by atoms with van der Waals surface area (Å²) in [6, 6.07) is -0.687. The smallest absolute Gasteiger partial charge is 0.338 e. The van der Waals surface area contributed by atoms with E-state index in [1.807, 2.05) is 0 Å². The van der Waals surface area contributed by atoms with E-state index in [1.165, 1.54) is 28.2 Å². The molecule has 0 saturated carbocycles. The molecule has 4 amide bonds. The summed E-state index contributed by atoms with van der Waals surface area (Å²) >= 11 is 0. The minimum absolute atomic E-state index is 0.322. The lowest BCUT2D eigenvalue weighted by Crippen LogP contribution is -2.30. The van der Waals surface area contributed by atoms with Crippen molar-refractivity contribution in [1.29, 1.82) is 0 Å². The minimum Gasteiger partial charge on any atom is -0.340 e. The van der Waals surface area contributed by atoms with Crippen LogP contribution in [0.25, 0.3) is 0 Å². The topological polar surface area (TPSA) is 114 Å². The molecule has 2 N–H and O–H groups in total. The third kappa shape index (κ3) is 7.74. The fourth-order valence-electron chi connectivity index (χ4n) is 0.911. The molecule has 0 aliphatic rings. The van der Waals surface area contributed by atoms with Crippen molar-refractivity contribution >= 4 is 12.1 Å². The van der Waals surface area contributed by atoms with Gasteiger partial charge in [0.05, 0.1) is 13.1 Å². The number of urea groups is 2. The maximum Gasteiger partial charge on any atom is 0.338 e. The fourth-order valence-corrected chi connectivity index (χ4v) is 0.911. The highest BCUT2D eigenvalue weighted by molar-refractivity contribution is 5.73. The van der Waals surface area contributed by atoms with Crippen molar-refractivity contribution in [3.8, 4) is 0 Å². The maximum absolute atomic E-state index is 11.0. The van der Waals surface area contributed by atoms with Crippen LogP contribution in [0.4, 0.5) is 9.59 Å². The van der Waals surface area contributed by atoms with Gasteiger partial charge >= 0.3 is 12.1 Å². The lowest BCUT2D eigenvalue weighted by molar-refractivity contribution is 0.209. The fraction of sp³-hybridized carbons (Fsp3) is 0.600.